The van der Waals surface area contributed by atoms with E-state index in [4.69, 9.17) is 0 Å². The van der Waals surface area contributed by atoms with E-state index in [1.807, 2.05) is 13.8 Å². The fourth-order valence-corrected chi connectivity index (χ4v) is 3.97. The number of hydrogen-bond acceptors (Lipinski definition) is 4. The highest BCUT2D eigenvalue weighted by Crippen LogP contribution is 2.32. The summed E-state index contributed by atoms with van der Waals surface area (Å²) in [6.07, 6.45) is 3.01. The number of nitrogens with one attached hydrogen (secondary N) is 2. The summed E-state index contributed by atoms with van der Waals surface area (Å²) < 4.78 is 13.9. The van der Waals surface area contributed by atoms with Gasteiger partial charge in [0.25, 0.3) is 0 Å². The molecule has 3 rings (SSSR count). The number of carbonyl (C=O) groups is 1. The molecule has 0 saturated carbocycles. The highest BCUT2D eigenvalue weighted by molar-refractivity contribution is 5.83. The average molecular weight is 363 g/mol. The minimum absolute atomic E-state index is 0.0153. The van der Waals surface area contributed by atoms with Gasteiger partial charge in [0.1, 0.15) is 5.82 Å². The number of hydrogen-bond donors (Lipinski definition) is 3. The second-order valence-electron chi connectivity index (χ2n) is 7.96. The lowest BCUT2D eigenvalue weighted by atomic mass is 9.81. The topological polar surface area (TPSA) is 64.6 Å². The monoisotopic (exact) mass is 363 g/mol. The summed E-state index contributed by atoms with van der Waals surface area (Å²) in [7, 11) is 0. The third-order valence-electron chi connectivity index (χ3n) is 5.75. The molecule has 0 bridgehead atoms. The van der Waals surface area contributed by atoms with Gasteiger partial charge >= 0.3 is 0 Å². The number of aliphatic hydroxyl groups excluding tert-OH is 1. The van der Waals surface area contributed by atoms with Gasteiger partial charge in [-0.3, -0.25) is 4.79 Å². The zero-order valence-corrected chi connectivity index (χ0v) is 15.7. The highest BCUT2D eigenvalue weighted by atomic mass is 19.1. The van der Waals surface area contributed by atoms with Crippen LogP contribution in [0.3, 0.4) is 0 Å². The van der Waals surface area contributed by atoms with Crippen LogP contribution < -0.4 is 15.5 Å². The van der Waals surface area contributed by atoms with Crippen molar-refractivity contribution in [2.75, 3.05) is 31.1 Å². The van der Waals surface area contributed by atoms with E-state index in [0.717, 1.165) is 43.7 Å². The maximum absolute atomic E-state index is 13.9. The summed E-state index contributed by atoms with van der Waals surface area (Å²) in [5.41, 5.74) is 1.31. The smallest absolute Gasteiger partial charge is 0.227 e. The Balaban J connectivity index is 1.76. The standard InChI is InChI=1S/C20H30FN3O2/c1-14(23-19(26)20(2)8-3-9-22-13-20)17-12-15(21)4-5-18(17)24-10-6-16(25)7-11-24/h4-5,12,14,16,22,25H,3,6-11,13H2,1-2H3,(H,23,26)/t14-,20+/m0/s1. The fraction of sp³-hybridized carbons (Fsp3) is 0.650. The molecule has 0 radical (unpaired) electrons. The number of carbonyl (C=O) groups excluding carboxylic acids is 1. The number of nitrogens with zero attached hydrogens (tertiary/aromatic N) is 1. The maximum Gasteiger partial charge on any atom is 0.227 e. The second kappa shape index (κ2) is 7.92. The van der Waals surface area contributed by atoms with Gasteiger partial charge in [0.05, 0.1) is 17.6 Å². The number of piperidine rings is 2. The van der Waals surface area contributed by atoms with E-state index < -0.39 is 5.41 Å². The van der Waals surface area contributed by atoms with Gasteiger partial charge in [-0.25, -0.2) is 4.39 Å². The Kier molecular flexibility index (Phi) is 5.82. The zero-order valence-electron chi connectivity index (χ0n) is 15.7. The van der Waals surface area contributed by atoms with Crippen LogP contribution in [-0.2, 0) is 4.79 Å². The summed E-state index contributed by atoms with van der Waals surface area (Å²) in [5.74, 6) is -0.283. The van der Waals surface area contributed by atoms with Crippen LogP contribution in [0.5, 0.6) is 0 Å². The lowest BCUT2D eigenvalue weighted by Crippen LogP contribution is -2.49. The minimum Gasteiger partial charge on any atom is -0.393 e. The molecule has 6 heteroatoms. The van der Waals surface area contributed by atoms with Crippen molar-refractivity contribution in [2.24, 2.45) is 5.41 Å². The van der Waals surface area contributed by atoms with Crippen molar-refractivity contribution in [3.63, 3.8) is 0 Å². The maximum atomic E-state index is 13.9. The number of rotatable bonds is 4. The summed E-state index contributed by atoms with van der Waals surface area (Å²) in [4.78, 5) is 15.0. The largest absolute Gasteiger partial charge is 0.393 e. The first-order chi connectivity index (χ1) is 12.4. The van der Waals surface area contributed by atoms with Gasteiger partial charge in [-0.05, 0) is 64.3 Å². The molecule has 3 N–H and O–H groups in total. The first-order valence-electron chi connectivity index (χ1n) is 9.63. The van der Waals surface area contributed by atoms with Crippen LogP contribution in [0.15, 0.2) is 18.2 Å². The van der Waals surface area contributed by atoms with Crippen molar-refractivity contribution >= 4 is 11.6 Å². The molecule has 2 heterocycles. The first-order valence-corrected chi connectivity index (χ1v) is 9.63. The highest BCUT2D eigenvalue weighted by Gasteiger charge is 2.35. The Morgan fingerprint density at radius 1 is 1.42 bits per heavy atom. The Hall–Kier alpha value is -1.66. The zero-order chi connectivity index (χ0) is 18.7. The molecule has 144 valence electrons. The van der Waals surface area contributed by atoms with Crippen LogP contribution in [0.4, 0.5) is 10.1 Å². The molecule has 2 aliphatic rings. The van der Waals surface area contributed by atoms with Gasteiger partial charge in [0.15, 0.2) is 0 Å². The number of aliphatic hydroxyl groups is 1. The van der Waals surface area contributed by atoms with Crippen molar-refractivity contribution in [1.82, 2.24) is 10.6 Å². The van der Waals surface area contributed by atoms with Crippen molar-refractivity contribution < 1.29 is 14.3 Å². The first kappa shape index (κ1) is 19.1. The molecule has 2 saturated heterocycles. The van der Waals surface area contributed by atoms with Crippen LogP contribution in [0.2, 0.25) is 0 Å². The van der Waals surface area contributed by atoms with Gasteiger partial charge in [0.2, 0.25) is 5.91 Å². The van der Waals surface area contributed by atoms with E-state index >= 15 is 0 Å². The Morgan fingerprint density at radius 2 is 2.15 bits per heavy atom. The minimum atomic E-state index is -0.421. The van der Waals surface area contributed by atoms with Gasteiger partial charge < -0.3 is 20.6 Å². The van der Waals surface area contributed by atoms with Crippen LogP contribution in [-0.4, -0.2) is 43.3 Å². The van der Waals surface area contributed by atoms with Gasteiger partial charge in [-0.1, -0.05) is 0 Å². The molecule has 2 atom stereocenters. The molecule has 1 amide bonds. The van der Waals surface area contributed by atoms with E-state index in [1.54, 1.807) is 6.07 Å². The van der Waals surface area contributed by atoms with E-state index in [-0.39, 0.29) is 23.9 Å². The van der Waals surface area contributed by atoms with E-state index in [2.05, 4.69) is 15.5 Å². The van der Waals surface area contributed by atoms with E-state index in [1.165, 1.54) is 12.1 Å². The van der Waals surface area contributed by atoms with Crippen LogP contribution in [0.25, 0.3) is 0 Å². The Labute approximate surface area is 155 Å². The van der Waals surface area contributed by atoms with Crippen molar-refractivity contribution in [3.8, 4) is 0 Å². The summed E-state index contributed by atoms with van der Waals surface area (Å²) in [6, 6.07) is 4.49. The lowest BCUT2D eigenvalue weighted by Gasteiger charge is -2.36. The molecule has 0 aromatic heterocycles. The van der Waals surface area contributed by atoms with Gasteiger partial charge in [-0.15, -0.1) is 0 Å². The summed E-state index contributed by atoms with van der Waals surface area (Å²) in [6.45, 7) is 7.00. The average Bonchev–Trinajstić information content (AvgIpc) is 2.63. The molecule has 2 aliphatic heterocycles. The fourth-order valence-electron chi connectivity index (χ4n) is 3.97. The van der Waals surface area contributed by atoms with Crippen LogP contribution >= 0.6 is 0 Å². The summed E-state index contributed by atoms with van der Waals surface area (Å²) >= 11 is 0. The molecule has 26 heavy (non-hydrogen) atoms. The third kappa shape index (κ3) is 4.18. The molecule has 1 aromatic rings. The van der Waals surface area contributed by atoms with E-state index in [0.29, 0.717) is 19.4 Å². The lowest BCUT2D eigenvalue weighted by molar-refractivity contribution is -0.131. The molecular formula is C20H30FN3O2. The molecule has 0 aliphatic carbocycles. The Bertz CT molecular complexity index is 638. The summed E-state index contributed by atoms with van der Waals surface area (Å²) in [5, 5.41) is 16.1. The van der Waals surface area contributed by atoms with Crippen molar-refractivity contribution in [3.05, 3.63) is 29.6 Å². The molecule has 2 fully saturated rings. The van der Waals surface area contributed by atoms with Crippen molar-refractivity contribution in [2.45, 2.75) is 51.7 Å². The number of anilines is 1. The van der Waals surface area contributed by atoms with Crippen molar-refractivity contribution in [1.29, 1.82) is 0 Å². The SMILES string of the molecule is C[C@H](NC(=O)[C@]1(C)CCCNC1)c1cc(F)ccc1N1CCC(O)CC1. The predicted molar refractivity (Wildman–Crippen MR) is 101 cm³/mol. The molecular weight excluding hydrogens is 333 g/mol. The number of benzene rings is 1. The van der Waals surface area contributed by atoms with Gasteiger partial charge in [-0.2, -0.15) is 0 Å². The third-order valence-corrected chi connectivity index (χ3v) is 5.75. The molecule has 0 spiro atoms. The van der Waals surface area contributed by atoms with E-state index in [9.17, 15) is 14.3 Å². The normalized spacial score (nSPS) is 25.8. The van der Waals surface area contributed by atoms with Crippen LogP contribution in [0, 0.1) is 11.2 Å². The number of halogens is 1. The molecule has 5 nitrogen and oxygen atoms in total. The molecule has 1 aromatic carbocycles. The second-order valence-corrected chi connectivity index (χ2v) is 7.96. The Morgan fingerprint density at radius 3 is 2.81 bits per heavy atom. The molecule has 0 unspecified atom stereocenters. The van der Waals surface area contributed by atoms with Crippen LogP contribution in [0.1, 0.15) is 51.1 Å². The predicted octanol–water partition coefficient (Wildman–Crippen LogP) is 2.35. The quantitative estimate of drug-likeness (QED) is 0.768. The number of amides is 1. The van der Waals surface area contributed by atoms with Gasteiger partial charge in [0, 0.05) is 30.9 Å².